The molecule has 1 spiro atoms. The second-order valence-electron chi connectivity index (χ2n) is 7.29. The number of morpholine rings is 1. The molecule has 2 aliphatic heterocycles. The van der Waals surface area contributed by atoms with Crippen LogP contribution in [-0.2, 0) is 9.53 Å². The smallest absolute Gasteiger partial charge is 0.289 e. The van der Waals surface area contributed by atoms with E-state index in [2.05, 4.69) is 6.92 Å². The summed E-state index contributed by atoms with van der Waals surface area (Å²) in [6, 6.07) is 3.50. The second kappa shape index (κ2) is 5.92. The van der Waals surface area contributed by atoms with Crippen molar-refractivity contribution < 1.29 is 18.7 Å². The van der Waals surface area contributed by atoms with Gasteiger partial charge >= 0.3 is 0 Å². The van der Waals surface area contributed by atoms with E-state index in [0.29, 0.717) is 24.8 Å². The molecule has 3 heterocycles. The van der Waals surface area contributed by atoms with Crippen molar-refractivity contribution in [2.45, 2.75) is 44.2 Å². The number of ether oxygens (including phenoxy) is 1. The van der Waals surface area contributed by atoms with Gasteiger partial charge in [0.1, 0.15) is 6.61 Å². The molecule has 0 N–H and O–H groups in total. The molecule has 1 aromatic rings. The van der Waals surface area contributed by atoms with Crippen LogP contribution in [0.2, 0.25) is 0 Å². The Kier molecular flexibility index (Phi) is 3.87. The molecule has 1 saturated carbocycles. The highest BCUT2D eigenvalue weighted by Gasteiger charge is 2.49. The first-order valence-corrected chi connectivity index (χ1v) is 8.85. The molecule has 24 heavy (non-hydrogen) atoms. The van der Waals surface area contributed by atoms with Crippen LogP contribution in [0.15, 0.2) is 22.8 Å². The number of nitrogens with zero attached hydrogens (tertiary/aromatic N) is 2. The number of furan rings is 1. The molecule has 4 rings (SSSR count). The zero-order valence-corrected chi connectivity index (χ0v) is 14.1. The van der Waals surface area contributed by atoms with E-state index in [9.17, 15) is 9.59 Å². The average molecular weight is 332 g/mol. The quantitative estimate of drug-likeness (QED) is 0.848. The lowest BCUT2D eigenvalue weighted by Gasteiger charge is -2.51. The van der Waals surface area contributed by atoms with E-state index in [-0.39, 0.29) is 30.1 Å². The molecule has 3 aliphatic rings. The van der Waals surface area contributed by atoms with Crippen molar-refractivity contribution in [3.05, 3.63) is 24.2 Å². The fraction of sp³-hybridized carbons (Fsp3) is 0.667. The Morgan fingerprint density at radius 2 is 2.08 bits per heavy atom. The standard InChI is InChI=1S/C18H24N2O4/c1-13-18(24-12-16(21)20(13)11-14-4-5-14)6-8-19(9-7-18)17(22)15-3-2-10-23-15/h2-3,10,13-14H,4-9,11-12H2,1H3. The lowest BCUT2D eigenvalue weighted by atomic mass is 9.82. The van der Waals surface area contributed by atoms with Crippen molar-refractivity contribution in [2.75, 3.05) is 26.2 Å². The molecule has 0 radical (unpaired) electrons. The molecule has 1 atom stereocenters. The highest BCUT2D eigenvalue weighted by molar-refractivity contribution is 5.91. The van der Waals surface area contributed by atoms with Gasteiger partial charge in [0.05, 0.1) is 17.9 Å². The third-order valence-corrected chi connectivity index (χ3v) is 5.81. The Bertz CT molecular complexity index is 615. The number of carbonyl (C=O) groups excluding carboxylic acids is 2. The third-order valence-electron chi connectivity index (χ3n) is 5.81. The van der Waals surface area contributed by atoms with E-state index >= 15 is 0 Å². The molecular weight excluding hydrogens is 308 g/mol. The van der Waals surface area contributed by atoms with Crippen molar-refractivity contribution in [1.29, 1.82) is 0 Å². The summed E-state index contributed by atoms with van der Waals surface area (Å²) in [5.41, 5.74) is -0.317. The van der Waals surface area contributed by atoms with E-state index in [1.807, 2.05) is 9.80 Å². The second-order valence-corrected chi connectivity index (χ2v) is 7.29. The van der Waals surface area contributed by atoms with Crippen molar-refractivity contribution in [3.8, 4) is 0 Å². The summed E-state index contributed by atoms with van der Waals surface area (Å²) in [5, 5.41) is 0. The fourth-order valence-corrected chi connectivity index (χ4v) is 3.95. The van der Waals surface area contributed by atoms with Gasteiger partial charge in [-0.05, 0) is 50.7 Å². The number of likely N-dealkylation sites (tertiary alicyclic amines) is 1. The highest BCUT2D eigenvalue weighted by Crippen LogP contribution is 2.38. The first kappa shape index (κ1) is 15.7. The van der Waals surface area contributed by atoms with Gasteiger partial charge in [-0.15, -0.1) is 0 Å². The lowest BCUT2D eigenvalue weighted by Crippen LogP contribution is -2.64. The molecule has 6 heteroatoms. The van der Waals surface area contributed by atoms with Gasteiger partial charge in [0, 0.05) is 19.6 Å². The molecule has 2 amide bonds. The van der Waals surface area contributed by atoms with E-state index in [1.165, 1.54) is 19.1 Å². The molecule has 1 unspecified atom stereocenters. The summed E-state index contributed by atoms with van der Waals surface area (Å²) in [6.07, 6.45) is 5.50. The van der Waals surface area contributed by atoms with Gasteiger partial charge in [0.15, 0.2) is 5.76 Å². The number of hydrogen-bond acceptors (Lipinski definition) is 4. The minimum absolute atomic E-state index is 0.0655. The predicted octanol–water partition coefficient (Wildman–Crippen LogP) is 1.91. The van der Waals surface area contributed by atoms with E-state index in [1.54, 1.807) is 12.1 Å². The van der Waals surface area contributed by atoms with Crippen LogP contribution in [0.25, 0.3) is 0 Å². The van der Waals surface area contributed by atoms with E-state index in [0.717, 1.165) is 19.4 Å². The van der Waals surface area contributed by atoms with Crippen molar-refractivity contribution >= 4 is 11.8 Å². The van der Waals surface area contributed by atoms with Crippen LogP contribution in [0.1, 0.15) is 43.2 Å². The first-order valence-electron chi connectivity index (χ1n) is 8.85. The summed E-state index contributed by atoms with van der Waals surface area (Å²) >= 11 is 0. The molecule has 0 bridgehead atoms. The van der Waals surface area contributed by atoms with E-state index < -0.39 is 0 Å². The largest absolute Gasteiger partial charge is 0.459 e. The molecular formula is C18H24N2O4. The highest BCUT2D eigenvalue weighted by atomic mass is 16.5. The summed E-state index contributed by atoms with van der Waals surface area (Å²) in [6.45, 7) is 4.40. The predicted molar refractivity (Wildman–Crippen MR) is 86.4 cm³/mol. The Hall–Kier alpha value is -1.82. The van der Waals surface area contributed by atoms with Gasteiger partial charge in [-0.3, -0.25) is 9.59 Å². The summed E-state index contributed by atoms with van der Waals surface area (Å²) in [5.74, 6) is 1.10. The molecule has 130 valence electrons. The Labute approximate surface area is 141 Å². The first-order chi connectivity index (χ1) is 11.6. The molecule has 1 aromatic heterocycles. The topological polar surface area (TPSA) is 63.0 Å². The molecule has 2 saturated heterocycles. The number of piperidine rings is 1. The third kappa shape index (κ3) is 2.73. The van der Waals surface area contributed by atoms with Gasteiger partial charge in [0.2, 0.25) is 5.91 Å². The summed E-state index contributed by atoms with van der Waals surface area (Å²) in [7, 11) is 0. The van der Waals surface area contributed by atoms with Gasteiger partial charge in [-0.1, -0.05) is 0 Å². The van der Waals surface area contributed by atoms with Crippen LogP contribution >= 0.6 is 0 Å². The zero-order valence-electron chi connectivity index (χ0n) is 14.1. The molecule has 6 nitrogen and oxygen atoms in total. The van der Waals surface area contributed by atoms with Gasteiger partial charge in [-0.2, -0.15) is 0 Å². The fourth-order valence-electron chi connectivity index (χ4n) is 3.95. The number of rotatable bonds is 3. The minimum atomic E-state index is -0.317. The van der Waals surface area contributed by atoms with Crippen LogP contribution in [0, 0.1) is 5.92 Å². The normalized spacial score (nSPS) is 26.9. The molecule has 1 aliphatic carbocycles. The summed E-state index contributed by atoms with van der Waals surface area (Å²) < 4.78 is 11.2. The van der Waals surface area contributed by atoms with Gasteiger partial charge in [0.25, 0.3) is 5.91 Å². The zero-order chi connectivity index (χ0) is 16.7. The number of carbonyl (C=O) groups is 2. The number of amides is 2. The maximum atomic E-state index is 12.4. The van der Waals surface area contributed by atoms with Gasteiger partial charge < -0.3 is 19.0 Å². The minimum Gasteiger partial charge on any atom is -0.459 e. The Morgan fingerprint density at radius 3 is 2.71 bits per heavy atom. The lowest BCUT2D eigenvalue weighted by molar-refractivity contribution is -0.185. The van der Waals surface area contributed by atoms with Crippen LogP contribution in [0.3, 0.4) is 0 Å². The Morgan fingerprint density at radius 1 is 1.33 bits per heavy atom. The van der Waals surface area contributed by atoms with Gasteiger partial charge in [-0.25, -0.2) is 0 Å². The summed E-state index contributed by atoms with van der Waals surface area (Å²) in [4.78, 5) is 28.5. The SMILES string of the molecule is CC1N(CC2CC2)C(=O)COC12CCN(C(=O)c1ccco1)CC2. The van der Waals surface area contributed by atoms with Crippen molar-refractivity contribution in [1.82, 2.24) is 9.80 Å². The van der Waals surface area contributed by atoms with Crippen LogP contribution < -0.4 is 0 Å². The molecule has 3 fully saturated rings. The van der Waals surface area contributed by atoms with Crippen molar-refractivity contribution in [3.63, 3.8) is 0 Å². The maximum Gasteiger partial charge on any atom is 0.289 e. The maximum absolute atomic E-state index is 12.4. The average Bonchev–Trinajstić information content (AvgIpc) is 3.25. The molecule has 0 aromatic carbocycles. The number of hydrogen-bond donors (Lipinski definition) is 0. The van der Waals surface area contributed by atoms with Crippen LogP contribution in [0.5, 0.6) is 0 Å². The van der Waals surface area contributed by atoms with Crippen molar-refractivity contribution in [2.24, 2.45) is 5.92 Å². The van der Waals surface area contributed by atoms with E-state index in [4.69, 9.17) is 9.15 Å². The Balaban J connectivity index is 1.43. The van der Waals surface area contributed by atoms with Crippen LogP contribution in [0.4, 0.5) is 0 Å². The van der Waals surface area contributed by atoms with Crippen LogP contribution in [-0.4, -0.2) is 59.5 Å². The monoisotopic (exact) mass is 332 g/mol.